The number of fused-ring (bicyclic) bond motifs is 1. The number of hydrogen-bond acceptors (Lipinski definition) is 1. The van der Waals surface area contributed by atoms with Gasteiger partial charge in [0.15, 0.2) is 0 Å². The van der Waals surface area contributed by atoms with Crippen LogP contribution < -0.4 is 5.32 Å². The molecule has 0 fully saturated rings. The van der Waals surface area contributed by atoms with Crippen molar-refractivity contribution in [1.82, 2.24) is 4.98 Å². The molecule has 3 heteroatoms. The molecule has 0 radical (unpaired) electrons. The summed E-state index contributed by atoms with van der Waals surface area (Å²) in [5.74, 6) is -0.214. The fraction of sp³-hybridized carbons (Fsp3) is 0.111. The molecule has 2 N–H and O–H groups in total. The van der Waals surface area contributed by atoms with Gasteiger partial charge in [0.25, 0.3) is 0 Å². The van der Waals surface area contributed by atoms with E-state index in [0.29, 0.717) is 5.52 Å². The number of rotatable bonds is 1. The van der Waals surface area contributed by atoms with E-state index in [0.717, 1.165) is 11.1 Å². The average molecular weight is 164 g/mol. The Morgan fingerprint density at radius 3 is 3.00 bits per heavy atom. The number of aromatic amines is 1. The van der Waals surface area contributed by atoms with Crippen molar-refractivity contribution in [2.45, 2.75) is 0 Å². The molecule has 1 aromatic carbocycles. The Labute approximate surface area is 69.4 Å². The first-order chi connectivity index (χ1) is 5.83. The van der Waals surface area contributed by atoms with Crippen LogP contribution in [0, 0.1) is 5.82 Å². The van der Waals surface area contributed by atoms with Crippen molar-refractivity contribution in [2.75, 3.05) is 12.4 Å². The van der Waals surface area contributed by atoms with E-state index in [4.69, 9.17) is 0 Å². The van der Waals surface area contributed by atoms with E-state index < -0.39 is 0 Å². The van der Waals surface area contributed by atoms with Gasteiger partial charge in [-0.2, -0.15) is 0 Å². The van der Waals surface area contributed by atoms with Crippen molar-refractivity contribution in [3.8, 4) is 0 Å². The molecule has 1 aromatic heterocycles. The summed E-state index contributed by atoms with van der Waals surface area (Å²) in [5.41, 5.74) is 1.48. The second kappa shape index (κ2) is 2.52. The van der Waals surface area contributed by atoms with Crippen LogP contribution in [0.15, 0.2) is 24.4 Å². The van der Waals surface area contributed by atoms with Crippen LogP contribution >= 0.6 is 0 Å². The monoisotopic (exact) mass is 164 g/mol. The van der Waals surface area contributed by atoms with Crippen molar-refractivity contribution in [2.24, 2.45) is 0 Å². The molecule has 0 unspecified atom stereocenters. The number of aromatic nitrogens is 1. The molecular weight excluding hydrogens is 155 g/mol. The van der Waals surface area contributed by atoms with E-state index in [1.165, 1.54) is 6.07 Å². The van der Waals surface area contributed by atoms with E-state index in [1.54, 1.807) is 12.3 Å². The largest absolute Gasteiger partial charge is 0.386 e. The maximum Gasteiger partial charge on any atom is 0.147 e. The number of anilines is 1. The van der Waals surface area contributed by atoms with E-state index in [-0.39, 0.29) is 5.82 Å². The smallest absolute Gasteiger partial charge is 0.147 e. The van der Waals surface area contributed by atoms with Gasteiger partial charge in [-0.15, -0.1) is 0 Å². The van der Waals surface area contributed by atoms with Crippen LogP contribution in [-0.2, 0) is 0 Å². The van der Waals surface area contributed by atoms with Crippen molar-refractivity contribution >= 4 is 16.6 Å². The zero-order valence-corrected chi connectivity index (χ0v) is 6.69. The normalized spacial score (nSPS) is 10.5. The van der Waals surface area contributed by atoms with Gasteiger partial charge in [0.2, 0.25) is 0 Å². The summed E-state index contributed by atoms with van der Waals surface area (Å²) in [6.07, 6.45) is 1.76. The number of halogens is 1. The molecule has 0 amide bonds. The third kappa shape index (κ3) is 0.863. The second-order valence-electron chi connectivity index (χ2n) is 2.61. The van der Waals surface area contributed by atoms with Gasteiger partial charge in [-0.05, 0) is 6.07 Å². The van der Waals surface area contributed by atoms with Crippen LogP contribution in [-0.4, -0.2) is 12.0 Å². The predicted octanol–water partition coefficient (Wildman–Crippen LogP) is 2.35. The molecule has 0 saturated carbocycles. The van der Waals surface area contributed by atoms with Gasteiger partial charge in [0, 0.05) is 18.6 Å². The second-order valence-corrected chi connectivity index (χ2v) is 2.61. The summed E-state index contributed by atoms with van der Waals surface area (Å²) >= 11 is 0. The van der Waals surface area contributed by atoms with Crippen molar-refractivity contribution in [3.63, 3.8) is 0 Å². The lowest BCUT2D eigenvalue weighted by Crippen LogP contribution is -1.84. The van der Waals surface area contributed by atoms with Crippen LogP contribution in [0.1, 0.15) is 0 Å². The predicted molar refractivity (Wildman–Crippen MR) is 47.8 cm³/mol. The van der Waals surface area contributed by atoms with Crippen LogP contribution in [0.3, 0.4) is 0 Å². The molecule has 0 saturated heterocycles. The van der Waals surface area contributed by atoms with Crippen LogP contribution in [0.5, 0.6) is 0 Å². The highest BCUT2D eigenvalue weighted by Crippen LogP contribution is 2.23. The minimum atomic E-state index is -0.214. The van der Waals surface area contributed by atoms with Gasteiger partial charge in [-0.3, -0.25) is 0 Å². The maximum atomic E-state index is 13.1. The number of hydrogen-bond donors (Lipinski definition) is 2. The molecule has 0 atom stereocenters. The lowest BCUT2D eigenvalue weighted by atomic mass is 10.2. The first-order valence-corrected chi connectivity index (χ1v) is 3.76. The van der Waals surface area contributed by atoms with Gasteiger partial charge in [0.05, 0.1) is 11.2 Å². The topological polar surface area (TPSA) is 27.8 Å². The van der Waals surface area contributed by atoms with E-state index in [9.17, 15) is 4.39 Å². The first kappa shape index (κ1) is 7.16. The number of nitrogens with one attached hydrogen (secondary N) is 2. The third-order valence-corrected chi connectivity index (χ3v) is 1.93. The lowest BCUT2D eigenvalue weighted by molar-refractivity contribution is 0.637. The van der Waals surface area contributed by atoms with Gasteiger partial charge >= 0.3 is 0 Å². The van der Waals surface area contributed by atoms with Crippen LogP contribution in [0.25, 0.3) is 10.9 Å². The fourth-order valence-electron chi connectivity index (χ4n) is 1.32. The van der Waals surface area contributed by atoms with Gasteiger partial charge in [0.1, 0.15) is 5.82 Å². The molecule has 0 bridgehead atoms. The number of para-hydroxylation sites is 1. The zero-order valence-electron chi connectivity index (χ0n) is 6.69. The molecule has 2 nitrogen and oxygen atoms in total. The van der Waals surface area contributed by atoms with Crippen molar-refractivity contribution < 1.29 is 4.39 Å². The standard InChI is InChI=1S/C9H9FN2/c1-11-8-5-12-9-6(8)3-2-4-7(9)10/h2-5,11-12H,1H3. The maximum absolute atomic E-state index is 13.1. The van der Waals surface area contributed by atoms with Gasteiger partial charge < -0.3 is 10.3 Å². The fourth-order valence-corrected chi connectivity index (χ4v) is 1.32. The molecule has 62 valence electrons. The number of benzene rings is 1. The van der Waals surface area contributed by atoms with E-state index >= 15 is 0 Å². The van der Waals surface area contributed by atoms with Crippen molar-refractivity contribution in [3.05, 3.63) is 30.2 Å². The molecular formula is C9H9FN2. The molecule has 0 spiro atoms. The summed E-state index contributed by atoms with van der Waals surface area (Å²) in [6, 6.07) is 5.02. The summed E-state index contributed by atoms with van der Waals surface area (Å²) in [4.78, 5) is 2.87. The number of H-pyrrole nitrogens is 1. The Kier molecular flexibility index (Phi) is 1.50. The Bertz CT molecular complexity index is 406. The highest BCUT2D eigenvalue weighted by molar-refractivity contribution is 5.92. The molecule has 2 aromatic rings. The van der Waals surface area contributed by atoms with Gasteiger partial charge in [-0.25, -0.2) is 4.39 Å². The Hall–Kier alpha value is -1.51. The summed E-state index contributed by atoms with van der Waals surface area (Å²) in [5, 5.41) is 3.87. The SMILES string of the molecule is CNc1c[nH]c2c(F)cccc12. The molecule has 2 rings (SSSR count). The molecule has 0 aliphatic heterocycles. The van der Waals surface area contributed by atoms with E-state index in [2.05, 4.69) is 10.3 Å². The molecule has 1 heterocycles. The Morgan fingerprint density at radius 1 is 1.42 bits per heavy atom. The minimum absolute atomic E-state index is 0.214. The molecule has 0 aliphatic rings. The van der Waals surface area contributed by atoms with Crippen LogP contribution in [0.2, 0.25) is 0 Å². The Morgan fingerprint density at radius 2 is 2.25 bits per heavy atom. The summed E-state index contributed by atoms with van der Waals surface area (Å²) < 4.78 is 13.1. The zero-order chi connectivity index (χ0) is 8.55. The lowest BCUT2D eigenvalue weighted by Gasteiger charge is -1.95. The Balaban J connectivity index is 2.80. The summed E-state index contributed by atoms with van der Waals surface area (Å²) in [7, 11) is 1.81. The van der Waals surface area contributed by atoms with E-state index in [1.807, 2.05) is 13.1 Å². The molecule has 0 aliphatic carbocycles. The quantitative estimate of drug-likeness (QED) is 0.665. The highest BCUT2D eigenvalue weighted by Gasteiger charge is 2.04. The average Bonchev–Trinajstić information content (AvgIpc) is 2.49. The minimum Gasteiger partial charge on any atom is -0.386 e. The first-order valence-electron chi connectivity index (χ1n) is 3.76. The van der Waals surface area contributed by atoms with Gasteiger partial charge in [-0.1, -0.05) is 12.1 Å². The van der Waals surface area contributed by atoms with Crippen LogP contribution in [0.4, 0.5) is 10.1 Å². The summed E-state index contributed by atoms with van der Waals surface area (Å²) in [6.45, 7) is 0. The molecule has 12 heavy (non-hydrogen) atoms. The third-order valence-electron chi connectivity index (χ3n) is 1.93. The van der Waals surface area contributed by atoms with Crippen molar-refractivity contribution in [1.29, 1.82) is 0 Å². The highest BCUT2D eigenvalue weighted by atomic mass is 19.1.